The molecule has 0 bridgehead atoms. The Hall–Kier alpha value is -1.89. The molecule has 116 valence electrons. The van der Waals surface area contributed by atoms with E-state index < -0.39 is 0 Å². The van der Waals surface area contributed by atoms with Crippen LogP contribution < -0.4 is 0 Å². The number of ketones is 1. The zero-order valence-corrected chi connectivity index (χ0v) is 16.2. The number of benzene rings is 2. The summed E-state index contributed by atoms with van der Waals surface area (Å²) in [7, 11) is 0. The third kappa shape index (κ3) is 2.92. The molecule has 0 fully saturated rings. The molecule has 2 heterocycles. The minimum absolute atomic E-state index is 0.166. The van der Waals surface area contributed by atoms with E-state index in [0.29, 0.717) is 0 Å². The first kappa shape index (κ1) is 15.6. The van der Waals surface area contributed by atoms with E-state index >= 15 is 0 Å². The van der Waals surface area contributed by atoms with Crippen LogP contribution in [0, 0.1) is 0 Å². The Bertz CT molecular complexity index is 886. The van der Waals surface area contributed by atoms with Gasteiger partial charge in [-0.05, 0) is 0 Å². The summed E-state index contributed by atoms with van der Waals surface area (Å²) in [6.45, 7) is 0. The predicted octanol–water partition coefficient (Wildman–Crippen LogP) is 4.37. The number of carbonyl (C=O) groups is 1. The third-order valence-corrected chi connectivity index (χ3v) is 7.93. The van der Waals surface area contributed by atoms with Gasteiger partial charge in [0.1, 0.15) is 0 Å². The summed E-state index contributed by atoms with van der Waals surface area (Å²) in [4.78, 5) is 17.5. The van der Waals surface area contributed by atoms with E-state index in [2.05, 4.69) is 34.1 Å². The second kappa shape index (κ2) is 6.92. The molecule has 0 atom stereocenters. The second-order valence-electron chi connectivity index (χ2n) is 5.39. The molecule has 0 amide bonds. The summed E-state index contributed by atoms with van der Waals surface area (Å²) in [5, 5.41) is 0. The molecule has 0 radical (unpaired) electrons. The Morgan fingerprint density at radius 1 is 0.583 bits per heavy atom. The standard InChI is InChI=1S/C21H14OSe2/c22-19(17-11-13-23-20(17)15-7-3-1-4-8-15)18-12-14-24-21(18)16-9-5-2-6-10-16/h1-14H. The average molecular weight is 440 g/mol. The zero-order chi connectivity index (χ0) is 16.4. The van der Waals surface area contributed by atoms with Crippen molar-refractivity contribution >= 4 is 34.8 Å². The first-order chi connectivity index (χ1) is 11.8. The number of rotatable bonds is 4. The monoisotopic (exact) mass is 442 g/mol. The Balaban J connectivity index is 1.78. The summed E-state index contributed by atoms with van der Waals surface area (Å²) >= 11 is 0.459. The number of carbonyl (C=O) groups excluding carboxylic acids is 1. The molecule has 0 saturated heterocycles. The van der Waals surface area contributed by atoms with Gasteiger partial charge in [-0.15, -0.1) is 0 Å². The summed E-state index contributed by atoms with van der Waals surface area (Å²) in [5.41, 5.74) is 4.07. The van der Waals surface area contributed by atoms with Crippen LogP contribution in [0.4, 0.5) is 0 Å². The van der Waals surface area contributed by atoms with Crippen molar-refractivity contribution in [1.29, 1.82) is 0 Å². The fourth-order valence-electron chi connectivity index (χ4n) is 2.75. The number of hydrogen-bond donors (Lipinski definition) is 0. The first-order valence-electron chi connectivity index (χ1n) is 7.65. The van der Waals surface area contributed by atoms with Crippen molar-refractivity contribution in [2.75, 3.05) is 0 Å². The van der Waals surface area contributed by atoms with E-state index in [1.165, 1.54) is 20.0 Å². The maximum absolute atomic E-state index is 13.2. The Morgan fingerprint density at radius 3 is 1.42 bits per heavy atom. The van der Waals surface area contributed by atoms with Crippen LogP contribution >= 0.6 is 0 Å². The van der Waals surface area contributed by atoms with E-state index in [1.54, 1.807) is 0 Å². The molecule has 0 spiro atoms. The summed E-state index contributed by atoms with van der Waals surface area (Å²) < 4.78 is 2.39. The SMILES string of the molecule is O=C(c1cc[se]c1-c1ccccc1)c1cc[se]c1-c1ccccc1. The van der Waals surface area contributed by atoms with Crippen molar-refractivity contribution in [2.45, 2.75) is 0 Å². The molecule has 0 unspecified atom stereocenters. The van der Waals surface area contributed by atoms with Gasteiger partial charge in [-0.2, -0.15) is 0 Å². The molecule has 4 rings (SSSR count). The summed E-state index contributed by atoms with van der Waals surface area (Å²) in [6.07, 6.45) is 0. The van der Waals surface area contributed by atoms with Gasteiger partial charge in [-0.25, -0.2) is 0 Å². The van der Waals surface area contributed by atoms with Gasteiger partial charge in [-0.1, -0.05) is 0 Å². The van der Waals surface area contributed by atoms with Crippen LogP contribution in [0.5, 0.6) is 0 Å². The molecule has 1 nitrogen and oxygen atoms in total. The van der Waals surface area contributed by atoms with Crippen molar-refractivity contribution in [3.63, 3.8) is 0 Å². The van der Waals surface area contributed by atoms with Gasteiger partial charge in [0.25, 0.3) is 0 Å². The Kier molecular flexibility index (Phi) is 4.51. The quantitative estimate of drug-likeness (QED) is 0.341. The molecule has 3 heteroatoms. The van der Waals surface area contributed by atoms with Crippen molar-refractivity contribution in [2.24, 2.45) is 0 Å². The van der Waals surface area contributed by atoms with Crippen molar-refractivity contribution in [3.05, 3.63) is 93.8 Å². The van der Waals surface area contributed by atoms with Gasteiger partial charge in [0.2, 0.25) is 0 Å². The van der Waals surface area contributed by atoms with Crippen molar-refractivity contribution < 1.29 is 4.79 Å². The molecule has 4 aromatic rings. The topological polar surface area (TPSA) is 17.1 Å². The third-order valence-electron chi connectivity index (χ3n) is 3.89. The molecule has 2 aromatic heterocycles. The van der Waals surface area contributed by atoms with Gasteiger partial charge in [-0.3, -0.25) is 0 Å². The molecule has 0 aliphatic carbocycles. The molecule has 0 N–H and O–H groups in total. The van der Waals surface area contributed by atoms with Gasteiger partial charge in [0.05, 0.1) is 0 Å². The molecule has 0 saturated carbocycles. The fourth-order valence-corrected chi connectivity index (χ4v) is 6.52. The molecule has 2 aromatic carbocycles. The van der Waals surface area contributed by atoms with E-state index in [9.17, 15) is 4.79 Å². The van der Waals surface area contributed by atoms with E-state index in [-0.39, 0.29) is 34.8 Å². The molecule has 0 aliphatic heterocycles. The van der Waals surface area contributed by atoms with Gasteiger partial charge >= 0.3 is 153 Å². The molecule has 0 aliphatic rings. The van der Waals surface area contributed by atoms with Gasteiger partial charge in [0, 0.05) is 0 Å². The number of hydrogen-bond acceptors (Lipinski definition) is 1. The maximum atomic E-state index is 13.2. The van der Waals surface area contributed by atoms with Crippen LogP contribution in [0.25, 0.3) is 20.0 Å². The van der Waals surface area contributed by atoms with Crippen LogP contribution in [0.1, 0.15) is 15.9 Å². The van der Waals surface area contributed by atoms with E-state index in [1.807, 2.05) is 48.5 Å². The zero-order valence-electron chi connectivity index (χ0n) is 12.8. The predicted molar refractivity (Wildman–Crippen MR) is 101 cm³/mol. The van der Waals surface area contributed by atoms with Gasteiger partial charge in [0.15, 0.2) is 0 Å². The molecular weight excluding hydrogens is 426 g/mol. The minimum atomic E-state index is 0.166. The molecular formula is C21H14OSe2. The van der Waals surface area contributed by atoms with Crippen LogP contribution in [-0.4, -0.2) is 34.8 Å². The van der Waals surface area contributed by atoms with Gasteiger partial charge < -0.3 is 0 Å². The summed E-state index contributed by atoms with van der Waals surface area (Å²) in [5.74, 6) is 0.166. The van der Waals surface area contributed by atoms with Crippen LogP contribution in [0.2, 0.25) is 0 Å². The molecule has 24 heavy (non-hydrogen) atoms. The van der Waals surface area contributed by atoms with E-state index in [4.69, 9.17) is 0 Å². The van der Waals surface area contributed by atoms with Crippen LogP contribution in [0.3, 0.4) is 0 Å². The average Bonchev–Trinajstić information content (AvgIpc) is 3.32. The Labute approximate surface area is 153 Å². The summed E-state index contributed by atoms with van der Waals surface area (Å²) in [6, 6.07) is 24.6. The van der Waals surface area contributed by atoms with Crippen LogP contribution in [0.15, 0.2) is 82.7 Å². The van der Waals surface area contributed by atoms with Crippen molar-refractivity contribution in [3.8, 4) is 20.0 Å². The normalized spacial score (nSPS) is 10.7. The van der Waals surface area contributed by atoms with Crippen molar-refractivity contribution in [1.82, 2.24) is 0 Å². The Morgan fingerprint density at radius 2 is 1.00 bits per heavy atom. The fraction of sp³-hybridized carbons (Fsp3) is 0. The first-order valence-corrected chi connectivity index (χ1v) is 11.3. The van der Waals surface area contributed by atoms with E-state index in [0.717, 1.165) is 11.1 Å². The van der Waals surface area contributed by atoms with Crippen LogP contribution in [-0.2, 0) is 0 Å². The second-order valence-corrected chi connectivity index (χ2v) is 9.23.